The summed E-state index contributed by atoms with van der Waals surface area (Å²) in [5, 5.41) is 0. The first-order valence-corrected chi connectivity index (χ1v) is 8.80. The van der Waals surface area contributed by atoms with Crippen LogP contribution >= 0.6 is 0 Å². The fourth-order valence-electron chi connectivity index (χ4n) is 3.52. The van der Waals surface area contributed by atoms with Crippen molar-refractivity contribution in [3.63, 3.8) is 0 Å². The Kier molecular flexibility index (Phi) is 3.80. The molecule has 1 aromatic carbocycles. The van der Waals surface area contributed by atoms with Gasteiger partial charge in [0.1, 0.15) is 5.82 Å². The van der Waals surface area contributed by atoms with Gasteiger partial charge >= 0.3 is 0 Å². The molecule has 2 aliphatic heterocycles. The second kappa shape index (κ2) is 5.34. The summed E-state index contributed by atoms with van der Waals surface area (Å²) < 4.78 is 39.6. The van der Waals surface area contributed by atoms with E-state index in [-0.39, 0.29) is 4.90 Å². The second-order valence-electron chi connectivity index (χ2n) is 6.35. The zero-order valence-corrected chi connectivity index (χ0v) is 13.1. The van der Waals surface area contributed by atoms with Crippen LogP contribution in [0.5, 0.6) is 0 Å². The number of benzene rings is 1. The van der Waals surface area contributed by atoms with E-state index in [0.29, 0.717) is 18.5 Å². The van der Waals surface area contributed by atoms with Gasteiger partial charge in [-0.25, -0.2) is 12.8 Å². The molecule has 0 saturated carbocycles. The Balaban J connectivity index is 1.73. The zero-order chi connectivity index (χ0) is 15.1. The van der Waals surface area contributed by atoms with Gasteiger partial charge in [-0.15, -0.1) is 0 Å². The summed E-state index contributed by atoms with van der Waals surface area (Å²) in [5.41, 5.74) is 0.295. The molecule has 0 aliphatic carbocycles. The highest BCUT2D eigenvalue weighted by Crippen LogP contribution is 2.40. The van der Waals surface area contributed by atoms with Crippen LogP contribution < -0.4 is 0 Å². The van der Waals surface area contributed by atoms with Gasteiger partial charge in [-0.3, -0.25) is 0 Å². The summed E-state index contributed by atoms with van der Waals surface area (Å²) in [6.07, 6.45) is 2.99. The Hall–Kier alpha value is -0.980. The molecular formula is C15H21FN2O2S. The largest absolute Gasteiger partial charge is 0.306 e. The van der Waals surface area contributed by atoms with Crippen molar-refractivity contribution in [2.45, 2.75) is 24.2 Å². The fraction of sp³-hybridized carbons (Fsp3) is 0.600. The number of hydrogen-bond donors (Lipinski definition) is 0. The van der Waals surface area contributed by atoms with Crippen LogP contribution in [0.2, 0.25) is 0 Å². The molecule has 0 N–H and O–H groups in total. The van der Waals surface area contributed by atoms with Crippen LogP contribution in [-0.4, -0.2) is 50.8 Å². The zero-order valence-electron chi connectivity index (χ0n) is 12.3. The van der Waals surface area contributed by atoms with Crippen molar-refractivity contribution in [3.05, 3.63) is 30.1 Å². The number of rotatable bonds is 2. The molecule has 0 amide bonds. The van der Waals surface area contributed by atoms with Crippen LogP contribution in [0.3, 0.4) is 0 Å². The van der Waals surface area contributed by atoms with Crippen molar-refractivity contribution in [1.29, 1.82) is 0 Å². The molecule has 6 heteroatoms. The van der Waals surface area contributed by atoms with Crippen LogP contribution in [0.15, 0.2) is 29.2 Å². The first kappa shape index (κ1) is 14.9. The molecule has 21 heavy (non-hydrogen) atoms. The molecular weight excluding hydrogens is 291 g/mol. The van der Waals surface area contributed by atoms with E-state index in [0.717, 1.165) is 32.4 Å². The lowest BCUT2D eigenvalue weighted by atomic mass is 9.78. The third-order valence-corrected chi connectivity index (χ3v) is 6.78. The van der Waals surface area contributed by atoms with Gasteiger partial charge in [-0.05, 0) is 62.5 Å². The molecule has 2 saturated heterocycles. The topological polar surface area (TPSA) is 40.6 Å². The van der Waals surface area contributed by atoms with Gasteiger partial charge in [0.2, 0.25) is 10.0 Å². The lowest BCUT2D eigenvalue weighted by molar-refractivity contribution is 0.161. The van der Waals surface area contributed by atoms with Crippen LogP contribution in [0.25, 0.3) is 0 Å². The van der Waals surface area contributed by atoms with Gasteiger partial charge in [-0.2, -0.15) is 4.31 Å². The van der Waals surface area contributed by atoms with Gasteiger partial charge in [0, 0.05) is 19.6 Å². The van der Waals surface area contributed by atoms with E-state index in [4.69, 9.17) is 0 Å². The maximum atomic E-state index is 12.9. The summed E-state index contributed by atoms with van der Waals surface area (Å²) in [6, 6.07) is 5.09. The molecule has 2 fully saturated rings. The van der Waals surface area contributed by atoms with Gasteiger partial charge < -0.3 is 4.90 Å². The average molecular weight is 312 g/mol. The smallest absolute Gasteiger partial charge is 0.243 e. The summed E-state index contributed by atoms with van der Waals surface area (Å²) in [7, 11) is -1.36. The number of sulfonamides is 1. The second-order valence-corrected chi connectivity index (χ2v) is 8.28. The predicted molar refractivity (Wildman–Crippen MR) is 78.9 cm³/mol. The predicted octanol–water partition coefficient (Wildman–Crippen LogP) is 1.93. The highest BCUT2D eigenvalue weighted by molar-refractivity contribution is 7.89. The molecule has 4 nitrogen and oxygen atoms in total. The first-order chi connectivity index (χ1) is 9.91. The minimum absolute atomic E-state index is 0.184. The number of likely N-dealkylation sites (tertiary alicyclic amines) is 1. The standard InChI is InChI=1S/C15H21FN2O2S/c1-17-9-6-15(12-17)7-10-18(11-8-15)21(19,20)14-4-2-13(16)3-5-14/h2-5H,6-12H2,1H3. The lowest BCUT2D eigenvalue weighted by Crippen LogP contribution is -2.44. The number of halogens is 1. The lowest BCUT2D eigenvalue weighted by Gasteiger charge is -2.38. The van der Waals surface area contributed by atoms with Crippen molar-refractivity contribution < 1.29 is 12.8 Å². The van der Waals surface area contributed by atoms with E-state index in [1.54, 1.807) is 4.31 Å². The van der Waals surface area contributed by atoms with Crippen molar-refractivity contribution in [3.8, 4) is 0 Å². The van der Waals surface area contributed by atoms with E-state index in [1.807, 2.05) is 0 Å². The quantitative estimate of drug-likeness (QED) is 0.838. The van der Waals surface area contributed by atoms with Crippen molar-refractivity contribution in [1.82, 2.24) is 9.21 Å². The van der Waals surface area contributed by atoms with Crippen molar-refractivity contribution >= 4 is 10.0 Å². The van der Waals surface area contributed by atoms with Crippen molar-refractivity contribution in [2.75, 3.05) is 33.2 Å². The normalized spacial score (nSPS) is 23.7. The molecule has 2 heterocycles. The maximum absolute atomic E-state index is 12.9. The van der Waals surface area contributed by atoms with Crippen LogP contribution in [-0.2, 0) is 10.0 Å². The van der Waals surface area contributed by atoms with Gasteiger partial charge in [0.15, 0.2) is 0 Å². The van der Waals surface area contributed by atoms with Crippen LogP contribution in [0, 0.1) is 11.2 Å². The molecule has 0 bridgehead atoms. The number of nitrogens with zero attached hydrogens (tertiary/aromatic N) is 2. The summed E-state index contributed by atoms with van der Waals surface area (Å²) in [5.74, 6) is -0.416. The Morgan fingerprint density at radius 3 is 2.14 bits per heavy atom. The molecule has 3 rings (SSSR count). The molecule has 0 unspecified atom stereocenters. The Morgan fingerprint density at radius 1 is 1.05 bits per heavy atom. The van der Waals surface area contributed by atoms with Gasteiger partial charge in [-0.1, -0.05) is 0 Å². The van der Waals surface area contributed by atoms with E-state index in [9.17, 15) is 12.8 Å². The molecule has 0 atom stereocenters. The summed E-state index contributed by atoms with van der Waals surface area (Å²) in [4.78, 5) is 2.51. The molecule has 116 valence electrons. The highest BCUT2D eigenvalue weighted by atomic mass is 32.2. The Labute approximate surface area is 125 Å². The van der Waals surface area contributed by atoms with E-state index >= 15 is 0 Å². The Bertz CT molecular complexity index is 607. The van der Waals surface area contributed by atoms with Crippen LogP contribution in [0.4, 0.5) is 4.39 Å². The van der Waals surface area contributed by atoms with Crippen molar-refractivity contribution in [2.24, 2.45) is 5.41 Å². The Morgan fingerprint density at radius 2 is 1.62 bits per heavy atom. The monoisotopic (exact) mass is 312 g/mol. The first-order valence-electron chi connectivity index (χ1n) is 7.36. The maximum Gasteiger partial charge on any atom is 0.243 e. The van der Waals surface area contributed by atoms with E-state index < -0.39 is 15.8 Å². The minimum atomic E-state index is -3.49. The van der Waals surface area contributed by atoms with Crippen LogP contribution in [0.1, 0.15) is 19.3 Å². The number of piperidine rings is 1. The molecule has 0 radical (unpaired) electrons. The van der Waals surface area contributed by atoms with Gasteiger partial charge in [0.05, 0.1) is 4.90 Å². The van der Waals surface area contributed by atoms with Gasteiger partial charge in [0.25, 0.3) is 0 Å². The number of hydrogen-bond acceptors (Lipinski definition) is 3. The molecule has 1 spiro atoms. The summed E-state index contributed by atoms with van der Waals surface area (Å²) >= 11 is 0. The summed E-state index contributed by atoms with van der Waals surface area (Å²) in [6.45, 7) is 3.29. The molecule has 0 aromatic heterocycles. The average Bonchev–Trinajstić information content (AvgIpc) is 2.81. The molecule has 1 aromatic rings. The third-order valence-electron chi connectivity index (χ3n) is 4.86. The molecule has 2 aliphatic rings. The highest BCUT2D eigenvalue weighted by Gasteiger charge is 2.41. The fourth-order valence-corrected chi connectivity index (χ4v) is 4.96. The third kappa shape index (κ3) is 2.84. The minimum Gasteiger partial charge on any atom is -0.306 e. The SMILES string of the molecule is CN1CCC2(CCN(S(=O)(=O)c3ccc(F)cc3)CC2)C1. The van der Waals surface area contributed by atoms with E-state index in [1.165, 1.54) is 24.3 Å². The van der Waals surface area contributed by atoms with E-state index in [2.05, 4.69) is 11.9 Å².